The van der Waals surface area contributed by atoms with Gasteiger partial charge in [-0.05, 0) is 152 Å². The van der Waals surface area contributed by atoms with E-state index in [9.17, 15) is 28.8 Å². The maximum absolute atomic E-state index is 13.0. The summed E-state index contributed by atoms with van der Waals surface area (Å²) in [6.07, 6.45) is 26.5. The predicted molar refractivity (Wildman–Crippen MR) is 556 cm³/mol. The van der Waals surface area contributed by atoms with Crippen molar-refractivity contribution in [2.24, 2.45) is 104 Å². The molecule has 6 heterocycles. The molecule has 4 aromatic carbocycles. The lowest BCUT2D eigenvalue weighted by Crippen LogP contribution is -2.51. The van der Waals surface area contributed by atoms with Gasteiger partial charge in [-0.1, -0.05) is 270 Å². The van der Waals surface area contributed by atoms with Crippen LogP contribution in [0.1, 0.15) is 247 Å². The topological polar surface area (TPSA) is 236 Å². The van der Waals surface area contributed by atoms with Crippen LogP contribution >= 0.6 is 0 Å². The predicted octanol–water partition coefficient (Wildman–Crippen LogP) is 22.2. The van der Waals surface area contributed by atoms with Crippen molar-refractivity contribution in [3.05, 3.63) is 357 Å². The molecule has 0 radical (unpaired) electrons. The summed E-state index contributed by atoms with van der Waals surface area (Å²) in [6.45, 7) is 81.4. The molecule has 0 aliphatic heterocycles. The lowest BCUT2D eigenvalue weighted by Gasteiger charge is -2.49. The third-order valence-electron chi connectivity index (χ3n) is 35.3. The molecule has 22 rings (SSSR count). The molecule has 0 amide bonds. The van der Waals surface area contributed by atoms with Crippen LogP contribution in [0.4, 0.5) is 0 Å². The summed E-state index contributed by atoms with van der Waals surface area (Å²) < 4.78 is 11.7. The van der Waals surface area contributed by atoms with Gasteiger partial charge in [0.15, 0.2) is 34.7 Å². The Morgan fingerprint density at radius 1 is 0.347 bits per heavy atom. The Hall–Kier alpha value is -14.5. The third kappa shape index (κ3) is 16.1. The lowest BCUT2D eigenvalue weighted by atomic mass is 9.53. The maximum atomic E-state index is 13.0. The van der Waals surface area contributed by atoms with E-state index >= 15 is 0 Å². The number of benzene rings is 4. The molecule has 10 aromatic rings. The van der Waals surface area contributed by atoms with Crippen LogP contribution in [0, 0.1) is 108 Å². The third-order valence-corrected chi connectivity index (χ3v) is 35.3. The number of carbonyl (C=O) groups is 6. The van der Waals surface area contributed by atoms with Gasteiger partial charge in [-0.2, -0.15) is 30.6 Å². The van der Waals surface area contributed by atoms with E-state index in [1.54, 1.807) is 0 Å². The van der Waals surface area contributed by atoms with Crippen molar-refractivity contribution in [1.29, 1.82) is 0 Å². The normalized spacial score (nSPS) is 28.0. The van der Waals surface area contributed by atoms with Gasteiger partial charge in [-0.25, -0.2) is 33.8 Å². The number of hydrogen-bond acceptors (Lipinski definition) is 12. The van der Waals surface area contributed by atoms with E-state index in [0.717, 1.165) is 139 Å². The summed E-state index contributed by atoms with van der Waals surface area (Å²) in [4.78, 5) is 96.5. The van der Waals surface area contributed by atoms with Crippen LogP contribution in [0.3, 0.4) is 0 Å². The van der Waals surface area contributed by atoms with E-state index < -0.39 is 27.1 Å². The van der Waals surface area contributed by atoms with Gasteiger partial charge >= 0.3 is 0 Å². The first-order chi connectivity index (χ1) is 68.0. The Bertz CT molecular complexity index is 7460. The van der Waals surface area contributed by atoms with Gasteiger partial charge in [0.25, 0.3) is 0 Å². The van der Waals surface area contributed by atoms with Gasteiger partial charge in [-0.15, -0.1) is 0 Å². The molecule has 14 atom stereocenters. The van der Waals surface area contributed by atoms with E-state index in [1.807, 2.05) is 224 Å². The number of para-hydroxylation sites is 1. The van der Waals surface area contributed by atoms with Crippen LogP contribution in [0.15, 0.2) is 204 Å². The van der Waals surface area contributed by atoms with Crippen LogP contribution in [0.5, 0.6) is 0 Å². The summed E-state index contributed by atoms with van der Waals surface area (Å²) in [5.74, 6) is 1.18. The summed E-state index contributed by atoms with van der Waals surface area (Å²) >= 11 is 0. The number of rotatable bonds is 6. The molecule has 0 saturated carbocycles. The van der Waals surface area contributed by atoms with E-state index in [0.29, 0.717) is 5.92 Å². The first kappa shape index (κ1) is 101. The molecule has 0 spiro atoms. The smallest absolute Gasteiger partial charge is 0.226 e. The Balaban J connectivity index is 0.000000119. The minimum Gasteiger partial charge on any atom is -0.308 e. The van der Waals surface area contributed by atoms with Crippen LogP contribution in [-0.2, 0) is 141 Å². The average Bonchev–Trinajstić information content (AvgIpc) is 1.46. The number of nitrogens with zero attached hydrogens (tertiary/aromatic N) is 18. The number of aryl methyl sites for hydroxylation is 6. The van der Waals surface area contributed by atoms with Gasteiger partial charge in [0.05, 0.1) is 90.7 Å². The number of aromatic nitrogens is 12. The monoisotopic (exact) mass is 1920 g/mol. The fraction of sp³-hybridized carbons (Fsp3) is 0.450. The second kappa shape index (κ2) is 36.7. The molecular formula is C120H130N18O6. The Morgan fingerprint density at radius 2 is 0.681 bits per heavy atom. The summed E-state index contributed by atoms with van der Waals surface area (Å²) in [6, 6.07) is 41.3. The summed E-state index contributed by atoms with van der Waals surface area (Å²) in [7, 11) is 9.83. The molecule has 12 aliphatic rings. The van der Waals surface area contributed by atoms with E-state index in [-0.39, 0.29) is 143 Å². The molecule has 24 heteroatoms. The van der Waals surface area contributed by atoms with Gasteiger partial charge in [-0.3, -0.25) is 23.4 Å². The number of Topliss-reactive ketones (excluding diaryl/α,β-unsaturated/α-hetero) is 6. The second-order valence-corrected chi connectivity index (χ2v) is 45.7. The molecule has 24 nitrogen and oxygen atoms in total. The zero-order chi connectivity index (χ0) is 104. The Kier molecular flexibility index (Phi) is 25.8. The SMILES string of the molecule is [C-]#[N+]C1=C[C@]2(C)c3nn(-c4ccccc4)c(-c4ccccc4)c3CC[C@H]2C(C)(C)C1=O.[C-]#[N+]C1=C[C@]2(C)c3nn(C)c(-c4ccccc4)c3CC[C@H]2[C@H](C)C1=O.[C-]#[N+]C1=C[C@]2(C)c3nn(C)c(C(C)C)c3CC[C@H]2C(C)(C)C1=O.[C-]#[N+]C1=C[C@]2(C)c3nn(C)c(Cc4ccccc4)c3CC[C@H]2C(C)(C)C1=O.[C-]#[N+]C1=C[C@]2(C)c3nn(C)cc3CC[C@H]2[C@H](C)C1=O.[C-]#[N+]C1=C[C@]2(C)c3nn(C)cc3C[C@@H]2C(C)(C)C1=O. The standard InChI is InChI=1S/C27H25N3O.C23H25N3O.C21H21N3O.C19H25N3O.2C15H17N3O/c1-26(2)22-16-15-20-23(18-11-7-5-8-12-18)30(19-13-9-6-10-14-19)29-24(20)27(22,3)17-21(28-4)25(26)31;1-22(2)19-12-11-16-18(13-15-9-7-6-8-10-15)26(5)25-20(16)23(19,3)14-17(24-4)21(22)27;1-13-16-11-10-15-18(14-8-6-5-7-9-14)24(4)23-20(15)21(16,2)12-17(22-3)19(13)25;1-11(2)15-12-8-9-14-18(3,4)17(23)13(20-6)10-19(14,5)16(12)21-22(15)7;1-14(2)11-6-9-8-18(5)17-12(9)15(11,3)7-10(16-4)13(14)19;1-9-11-6-5-10-8-18(4)17-14(10)15(11,2)7-12(16-3)13(9)19/h5-14,17,22H,15-16H2,1-3H3;6-10,14,19H,11-13H2,1-3,5H3;5-9,12-13,16H,10-11H2,1-2,4H3;10-11,14H,8-9H2,1-5,7H3;7-8,11H,6H2,1-3,5H3;7-9,11H,5-6H2,1-2,4H3/t22-,27-;19-,23-;13-,16-,21-;14-,19-;11-,15+;9-,11-,15-/m000010/s1. The van der Waals surface area contributed by atoms with Crippen molar-refractivity contribution in [1.82, 2.24) is 58.7 Å². The molecule has 144 heavy (non-hydrogen) atoms. The zero-order valence-electron chi connectivity index (χ0n) is 87.3. The lowest BCUT2D eigenvalue weighted by molar-refractivity contribution is -0.129. The summed E-state index contributed by atoms with van der Waals surface area (Å²) in [5, 5.41) is 29.0. The van der Waals surface area contributed by atoms with Gasteiger partial charge < -0.3 is 28.8 Å². The van der Waals surface area contributed by atoms with E-state index in [4.69, 9.17) is 59.8 Å². The van der Waals surface area contributed by atoms with E-state index in [1.165, 1.54) is 50.3 Å². The quantitative estimate of drug-likeness (QED) is 0.141. The highest BCUT2D eigenvalue weighted by Crippen LogP contribution is 2.62. The maximum Gasteiger partial charge on any atom is 0.226 e. The summed E-state index contributed by atoms with van der Waals surface area (Å²) in [5.41, 5.74) is 20.5. The van der Waals surface area contributed by atoms with Crippen molar-refractivity contribution in [2.45, 2.75) is 240 Å². The highest BCUT2D eigenvalue weighted by molar-refractivity contribution is 6.06. The molecular weight excluding hydrogens is 1790 g/mol. The fourth-order valence-electron chi connectivity index (χ4n) is 28.3. The number of hydrogen-bond donors (Lipinski definition) is 0. The highest BCUT2D eigenvalue weighted by atomic mass is 16.2. The fourth-order valence-corrected chi connectivity index (χ4v) is 28.3. The van der Waals surface area contributed by atoms with Crippen molar-refractivity contribution in [3.63, 3.8) is 0 Å². The van der Waals surface area contributed by atoms with Crippen LogP contribution < -0.4 is 0 Å². The Morgan fingerprint density at radius 3 is 1.13 bits per heavy atom. The van der Waals surface area contributed by atoms with Crippen LogP contribution in [0.25, 0.3) is 57.3 Å². The molecule has 12 aliphatic carbocycles. The molecule has 0 N–H and O–H groups in total. The second-order valence-electron chi connectivity index (χ2n) is 45.7. The zero-order valence-corrected chi connectivity index (χ0v) is 87.3. The van der Waals surface area contributed by atoms with Crippen molar-refractivity contribution in [2.75, 3.05) is 0 Å². The molecule has 736 valence electrons. The highest BCUT2D eigenvalue weighted by Gasteiger charge is 2.62. The number of carbonyl (C=O) groups excluding carboxylic acids is 6. The van der Waals surface area contributed by atoms with Crippen LogP contribution in [-0.4, -0.2) is 93.4 Å². The molecule has 0 saturated heterocycles. The molecule has 0 fully saturated rings. The number of allylic oxidation sites excluding steroid dienone is 12. The Labute approximate surface area is 846 Å². The van der Waals surface area contributed by atoms with Gasteiger partial charge in [0.1, 0.15) is 0 Å². The largest absolute Gasteiger partial charge is 0.308 e. The minimum atomic E-state index is -0.593. The van der Waals surface area contributed by atoms with Crippen molar-refractivity contribution in [3.8, 4) is 28.2 Å². The first-order valence-electron chi connectivity index (χ1n) is 50.5. The average molecular weight is 1920 g/mol. The van der Waals surface area contributed by atoms with Gasteiger partial charge in [0.2, 0.25) is 34.2 Å². The number of fused-ring (bicyclic) bond motifs is 18. The minimum absolute atomic E-state index is 0.00291. The van der Waals surface area contributed by atoms with Crippen LogP contribution in [0.2, 0.25) is 0 Å². The number of ketones is 6. The van der Waals surface area contributed by atoms with E-state index in [2.05, 4.69) is 174 Å². The molecule has 0 bridgehead atoms. The molecule has 6 aromatic heterocycles. The van der Waals surface area contributed by atoms with Crippen molar-refractivity contribution >= 4 is 34.7 Å². The molecule has 0 unspecified atom stereocenters. The first-order valence-corrected chi connectivity index (χ1v) is 50.5. The van der Waals surface area contributed by atoms with Gasteiger partial charge in [0, 0.05) is 154 Å². The van der Waals surface area contributed by atoms with Crippen molar-refractivity contribution < 1.29 is 28.8 Å².